The minimum absolute atomic E-state index is 0.0148. The van der Waals surface area contributed by atoms with Gasteiger partial charge in [0.1, 0.15) is 24.3 Å². The lowest BCUT2D eigenvalue weighted by molar-refractivity contribution is -0.137. The summed E-state index contributed by atoms with van der Waals surface area (Å²) in [4.78, 5) is 3.79. The molecule has 0 spiro atoms. The number of benzene rings is 1. The highest BCUT2D eigenvalue weighted by Gasteiger charge is 2.29. The zero-order valence-corrected chi connectivity index (χ0v) is 9.07. The molecule has 0 amide bonds. The number of halogens is 3. The standard InChI is InChI=1S/C11H9F3N2O2/c12-11(13,14)7-1-3-9(4-2-7)17-5-8-6-18-10(15)16-8/h1-4,6H,5H2,(H2,15,16). The highest BCUT2D eigenvalue weighted by atomic mass is 19.4. The fourth-order valence-corrected chi connectivity index (χ4v) is 1.29. The Morgan fingerprint density at radius 2 is 1.89 bits per heavy atom. The number of alkyl halides is 3. The third-order valence-corrected chi connectivity index (χ3v) is 2.14. The zero-order valence-electron chi connectivity index (χ0n) is 9.07. The van der Waals surface area contributed by atoms with Gasteiger partial charge in [-0.25, -0.2) is 0 Å². The van der Waals surface area contributed by atoms with E-state index in [4.69, 9.17) is 14.9 Å². The summed E-state index contributed by atoms with van der Waals surface area (Å²) in [7, 11) is 0. The molecule has 0 atom stereocenters. The first-order valence-electron chi connectivity index (χ1n) is 4.95. The Morgan fingerprint density at radius 1 is 1.22 bits per heavy atom. The van der Waals surface area contributed by atoms with Crippen molar-refractivity contribution in [2.24, 2.45) is 0 Å². The highest BCUT2D eigenvalue weighted by molar-refractivity contribution is 5.29. The first kappa shape index (κ1) is 12.3. The van der Waals surface area contributed by atoms with E-state index < -0.39 is 11.7 Å². The molecule has 2 aromatic rings. The first-order chi connectivity index (χ1) is 8.45. The molecule has 4 nitrogen and oxygen atoms in total. The van der Waals surface area contributed by atoms with Crippen LogP contribution < -0.4 is 10.5 Å². The van der Waals surface area contributed by atoms with Gasteiger partial charge in [0.2, 0.25) is 0 Å². The summed E-state index contributed by atoms with van der Waals surface area (Å²) < 4.78 is 46.9. The molecule has 0 saturated heterocycles. The van der Waals surface area contributed by atoms with Crippen molar-refractivity contribution >= 4 is 6.01 Å². The summed E-state index contributed by atoms with van der Waals surface area (Å²) in [5.41, 5.74) is 5.00. The average molecular weight is 258 g/mol. The minimum atomic E-state index is -4.35. The second-order valence-electron chi connectivity index (χ2n) is 3.49. The molecule has 2 rings (SSSR count). The van der Waals surface area contributed by atoms with Crippen molar-refractivity contribution in [3.8, 4) is 5.75 Å². The molecule has 0 bridgehead atoms. The monoisotopic (exact) mass is 258 g/mol. The second kappa shape index (κ2) is 4.59. The van der Waals surface area contributed by atoms with Gasteiger partial charge in [-0.1, -0.05) is 0 Å². The normalized spacial score (nSPS) is 11.5. The number of nitrogen functional groups attached to an aromatic ring is 1. The average Bonchev–Trinajstić information content (AvgIpc) is 2.72. The van der Waals surface area contributed by atoms with Gasteiger partial charge < -0.3 is 14.9 Å². The molecule has 0 fully saturated rings. The summed E-state index contributed by atoms with van der Waals surface area (Å²) >= 11 is 0. The number of hydrogen-bond acceptors (Lipinski definition) is 4. The van der Waals surface area contributed by atoms with Crippen molar-refractivity contribution in [1.82, 2.24) is 4.98 Å². The Labute approximate surface area is 100 Å². The largest absolute Gasteiger partial charge is 0.487 e. The van der Waals surface area contributed by atoms with Crippen molar-refractivity contribution in [3.63, 3.8) is 0 Å². The maximum atomic E-state index is 12.3. The molecule has 1 heterocycles. The van der Waals surface area contributed by atoms with E-state index >= 15 is 0 Å². The summed E-state index contributed by atoms with van der Waals surface area (Å²) in [5.74, 6) is 0.310. The van der Waals surface area contributed by atoms with Crippen LogP contribution in [0.5, 0.6) is 5.75 Å². The zero-order chi connectivity index (χ0) is 13.2. The molecule has 18 heavy (non-hydrogen) atoms. The second-order valence-corrected chi connectivity index (χ2v) is 3.49. The SMILES string of the molecule is Nc1nc(COc2ccc(C(F)(F)F)cc2)co1. The van der Waals surface area contributed by atoms with E-state index in [1.807, 2.05) is 0 Å². The molecule has 0 saturated carbocycles. The van der Waals surface area contributed by atoms with E-state index in [0.29, 0.717) is 11.4 Å². The predicted octanol–water partition coefficient (Wildman–Crippen LogP) is 2.85. The Hall–Kier alpha value is -2.18. The summed E-state index contributed by atoms with van der Waals surface area (Å²) in [6, 6.07) is 4.40. The number of ether oxygens (including phenoxy) is 1. The molecular weight excluding hydrogens is 249 g/mol. The van der Waals surface area contributed by atoms with Crippen LogP contribution in [0, 0.1) is 0 Å². The Morgan fingerprint density at radius 3 is 2.39 bits per heavy atom. The molecule has 96 valence electrons. The van der Waals surface area contributed by atoms with Gasteiger partial charge in [-0.15, -0.1) is 0 Å². The Kier molecular flexibility index (Phi) is 3.14. The molecule has 7 heteroatoms. The maximum absolute atomic E-state index is 12.3. The van der Waals surface area contributed by atoms with Crippen LogP contribution in [-0.2, 0) is 12.8 Å². The Bertz CT molecular complexity index is 520. The number of aromatic nitrogens is 1. The van der Waals surface area contributed by atoms with Crippen LogP contribution in [0.1, 0.15) is 11.3 Å². The molecule has 0 aliphatic carbocycles. The molecule has 0 radical (unpaired) electrons. The smallest absolute Gasteiger partial charge is 0.416 e. The first-order valence-corrected chi connectivity index (χ1v) is 4.95. The number of hydrogen-bond donors (Lipinski definition) is 1. The number of rotatable bonds is 3. The summed E-state index contributed by atoms with van der Waals surface area (Å²) in [5, 5.41) is 0. The lowest BCUT2D eigenvalue weighted by Gasteiger charge is -2.08. The highest BCUT2D eigenvalue weighted by Crippen LogP contribution is 2.30. The van der Waals surface area contributed by atoms with E-state index in [0.717, 1.165) is 12.1 Å². The third kappa shape index (κ3) is 2.93. The van der Waals surface area contributed by atoms with Gasteiger partial charge in [0.15, 0.2) is 0 Å². The van der Waals surface area contributed by atoms with Crippen molar-refractivity contribution in [2.45, 2.75) is 12.8 Å². The summed E-state index contributed by atoms with van der Waals surface area (Å²) in [6.07, 6.45) is -3.03. The van der Waals surface area contributed by atoms with E-state index in [-0.39, 0.29) is 12.6 Å². The predicted molar refractivity (Wildman–Crippen MR) is 56.7 cm³/mol. The van der Waals surface area contributed by atoms with Crippen LogP contribution in [0.25, 0.3) is 0 Å². The Balaban J connectivity index is 1.98. The van der Waals surface area contributed by atoms with Gasteiger partial charge in [-0.2, -0.15) is 18.2 Å². The number of nitrogens with two attached hydrogens (primary N) is 1. The molecule has 1 aromatic carbocycles. The molecule has 1 aromatic heterocycles. The quantitative estimate of drug-likeness (QED) is 0.919. The van der Waals surface area contributed by atoms with Gasteiger partial charge >= 0.3 is 6.18 Å². The van der Waals surface area contributed by atoms with Crippen molar-refractivity contribution in [2.75, 3.05) is 5.73 Å². The van der Waals surface area contributed by atoms with Crippen molar-refractivity contribution < 1.29 is 22.3 Å². The lowest BCUT2D eigenvalue weighted by atomic mass is 10.2. The third-order valence-electron chi connectivity index (χ3n) is 2.14. The fraction of sp³-hybridized carbons (Fsp3) is 0.182. The molecule has 2 N–H and O–H groups in total. The van der Waals surface area contributed by atoms with Crippen molar-refractivity contribution in [1.29, 1.82) is 0 Å². The fourth-order valence-electron chi connectivity index (χ4n) is 1.29. The van der Waals surface area contributed by atoms with E-state index in [1.165, 1.54) is 18.4 Å². The van der Waals surface area contributed by atoms with Crippen LogP contribution in [-0.4, -0.2) is 4.98 Å². The topological polar surface area (TPSA) is 61.3 Å². The van der Waals surface area contributed by atoms with Gasteiger partial charge in [0.25, 0.3) is 6.01 Å². The molecule has 0 unspecified atom stereocenters. The molecule has 0 aliphatic heterocycles. The number of anilines is 1. The molecular formula is C11H9F3N2O2. The van der Waals surface area contributed by atoms with E-state index in [9.17, 15) is 13.2 Å². The van der Waals surface area contributed by atoms with Gasteiger partial charge in [-0.05, 0) is 24.3 Å². The van der Waals surface area contributed by atoms with E-state index in [2.05, 4.69) is 4.98 Å². The van der Waals surface area contributed by atoms with Crippen LogP contribution in [0.3, 0.4) is 0 Å². The van der Waals surface area contributed by atoms with Crippen LogP contribution >= 0.6 is 0 Å². The van der Waals surface area contributed by atoms with E-state index in [1.54, 1.807) is 0 Å². The van der Waals surface area contributed by atoms with Gasteiger partial charge in [-0.3, -0.25) is 0 Å². The van der Waals surface area contributed by atoms with Crippen LogP contribution in [0.15, 0.2) is 34.9 Å². The maximum Gasteiger partial charge on any atom is 0.416 e. The van der Waals surface area contributed by atoms with Gasteiger partial charge in [0, 0.05) is 0 Å². The van der Waals surface area contributed by atoms with Gasteiger partial charge in [0.05, 0.1) is 5.56 Å². The number of nitrogens with zero attached hydrogens (tertiary/aromatic N) is 1. The summed E-state index contributed by atoms with van der Waals surface area (Å²) in [6.45, 7) is 0.0755. The van der Waals surface area contributed by atoms with Crippen LogP contribution in [0.2, 0.25) is 0 Å². The van der Waals surface area contributed by atoms with Crippen LogP contribution in [0.4, 0.5) is 19.2 Å². The molecule has 0 aliphatic rings. The number of oxazole rings is 1. The van der Waals surface area contributed by atoms with Crippen molar-refractivity contribution in [3.05, 3.63) is 41.8 Å². The minimum Gasteiger partial charge on any atom is -0.487 e. The lowest BCUT2D eigenvalue weighted by Crippen LogP contribution is -2.04.